The minimum atomic E-state index is -1.09. The first-order valence-corrected chi connectivity index (χ1v) is 3.88. The van der Waals surface area contributed by atoms with Gasteiger partial charge in [-0.3, -0.25) is 0 Å². The molecule has 1 N–H and O–H groups in total. The number of aryl methyl sites for hydroxylation is 1. The predicted octanol–water partition coefficient (Wildman–Crippen LogP) is 1.75. The molecule has 0 aliphatic carbocycles. The van der Waals surface area contributed by atoms with E-state index >= 15 is 0 Å². The van der Waals surface area contributed by atoms with Crippen molar-refractivity contribution in [3.05, 3.63) is 22.3 Å². The predicted molar refractivity (Wildman–Crippen MR) is 47.5 cm³/mol. The Hall–Kier alpha value is -1.29. The first-order valence-electron chi connectivity index (χ1n) is 3.50. The fourth-order valence-corrected chi connectivity index (χ4v) is 1.28. The summed E-state index contributed by atoms with van der Waals surface area (Å²) >= 11 is 5.71. The van der Waals surface area contributed by atoms with Crippen molar-refractivity contribution in [1.82, 2.24) is 4.98 Å². The molecule has 5 heteroatoms. The molecule has 1 rings (SSSR count). The van der Waals surface area contributed by atoms with Gasteiger partial charge in [0.25, 0.3) is 0 Å². The smallest absolute Gasteiger partial charge is 0.339 e. The highest BCUT2D eigenvalue weighted by Crippen LogP contribution is 2.22. The Labute approximate surface area is 80.1 Å². The SMILES string of the molecule is COc1cc(Cl)c(C(=O)O)c(C)n1. The Morgan fingerprint density at radius 1 is 1.69 bits per heavy atom. The summed E-state index contributed by atoms with van der Waals surface area (Å²) in [5, 5.41) is 8.88. The monoisotopic (exact) mass is 201 g/mol. The Morgan fingerprint density at radius 3 is 2.69 bits per heavy atom. The lowest BCUT2D eigenvalue weighted by Crippen LogP contribution is -2.04. The van der Waals surface area contributed by atoms with Crippen LogP contribution in [0, 0.1) is 6.92 Å². The van der Waals surface area contributed by atoms with E-state index in [0.717, 1.165) is 0 Å². The molecule has 0 unspecified atom stereocenters. The third kappa shape index (κ3) is 1.89. The van der Waals surface area contributed by atoms with E-state index in [1.165, 1.54) is 13.2 Å². The summed E-state index contributed by atoms with van der Waals surface area (Å²) < 4.78 is 4.82. The van der Waals surface area contributed by atoms with Crippen LogP contribution in [-0.4, -0.2) is 23.2 Å². The molecule has 0 aliphatic rings. The first kappa shape index (κ1) is 9.80. The zero-order chi connectivity index (χ0) is 10.0. The van der Waals surface area contributed by atoms with Crippen LogP contribution in [0.3, 0.4) is 0 Å². The van der Waals surface area contributed by atoms with Crippen LogP contribution >= 0.6 is 11.6 Å². The molecule has 0 saturated heterocycles. The summed E-state index contributed by atoms with van der Waals surface area (Å²) in [6.45, 7) is 1.57. The van der Waals surface area contributed by atoms with Crippen molar-refractivity contribution in [2.45, 2.75) is 6.92 Å². The topological polar surface area (TPSA) is 59.4 Å². The van der Waals surface area contributed by atoms with Crippen molar-refractivity contribution in [2.75, 3.05) is 7.11 Å². The zero-order valence-corrected chi connectivity index (χ0v) is 7.92. The number of rotatable bonds is 2. The van der Waals surface area contributed by atoms with E-state index in [2.05, 4.69) is 4.98 Å². The van der Waals surface area contributed by atoms with Crippen LogP contribution in [0.25, 0.3) is 0 Å². The number of carboxylic acid groups (broad SMARTS) is 1. The second-order valence-electron chi connectivity index (χ2n) is 2.41. The number of pyridine rings is 1. The highest BCUT2D eigenvalue weighted by Gasteiger charge is 2.14. The molecule has 0 amide bonds. The quantitative estimate of drug-likeness (QED) is 0.792. The maximum atomic E-state index is 10.7. The molecule has 0 bridgehead atoms. The highest BCUT2D eigenvalue weighted by molar-refractivity contribution is 6.33. The third-order valence-corrected chi connectivity index (χ3v) is 1.85. The fourth-order valence-electron chi connectivity index (χ4n) is 0.968. The van der Waals surface area contributed by atoms with Gasteiger partial charge in [-0.05, 0) is 6.92 Å². The normalized spacial score (nSPS) is 9.77. The van der Waals surface area contributed by atoms with Gasteiger partial charge in [-0.1, -0.05) is 11.6 Å². The minimum absolute atomic E-state index is 0.0162. The van der Waals surface area contributed by atoms with E-state index in [1.54, 1.807) is 6.92 Å². The third-order valence-electron chi connectivity index (χ3n) is 1.55. The standard InChI is InChI=1S/C8H8ClNO3/c1-4-7(8(11)12)5(9)3-6(10-4)13-2/h3H,1-2H3,(H,11,12). The maximum absolute atomic E-state index is 10.7. The van der Waals surface area contributed by atoms with E-state index in [-0.39, 0.29) is 10.6 Å². The van der Waals surface area contributed by atoms with Crippen molar-refractivity contribution in [3.8, 4) is 5.88 Å². The Morgan fingerprint density at radius 2 is 2.31 bits per heavy atom. The van der Waals surface area contributed by atoms with Gasteiger partial charge >= 0.3 is 5.97 Å². The van der Waals surface area contributed by atoms with Crippen molar-refractivity contribution in [1.29, 1.82) is 0 Å². The van der Waals surface area contributed by atoms with E-state index in [1.807, 2.05) is 0 Å². The van der Waals surface area contributed by atoms with Crippen molar-refractivity contribution in [3.63, 3.8) is 0 Å². The second kappa shape index (κ2) is 3.62. The van der Waals surface area contributed by atoms with Gasteiger partial charge in [0.05, 0.1) is 23.4 Å². The number of hydrogen-bond donors (Lipinski definition) is 1. The number of aromatic nitrogens is 1. The Kier molecular flexibility index (Phi) is 2.72. The van der Waals surface area contributed by atoms with Gasteiger partial charge in [0.1, 0.15) is 0 Å². The summed E-state index contributed by atoms with van der Waals surface area (Å²) in [7, 11) is 1.44. The lowest BCUT2D eigenvalue weighted by molar-refractivity contribution is 0.0695. The lowest BCUT2D eigenvalue weighted by Gasteiger charge is -2.05. The summed E-state index contributed by atoms with van der Waals surface area (Å²) in [6, 6.07) is 1.37. The molecule has 0 saturated carbocycles. The summed E-state index contributed by atoms with van der Waals surface area (Å²) in [4.78, 5) is 14.6. The average Bonchev–Trinajstić information content (AvgIpc) is 2.02. The van der Waals surface area contributed by atoms with Crippen molar-refractivity contribution >= 4 is 17.6 Å². The molecule has 0 fully saturated rings. The van der Waals surface area contributed by atoms with Gasteiger partial charge in [0.15, 0.2) is 0 Å². The summed E-state index contributed by atoms with van der Waals surface area (Å²) in [5.74, 6) is -0.773. The molecule has 13 heavy (non-hydrogen) atoms. The van der Waals surface area contributed by atoms with E-state index in [4.69, 9.17) is 21.4 Å². The van der Waals surface area contributed by atoms with Gasteiger partial charge in [-0.15, -0.1) is 0 Å². The molecule has 0 atom stereocenters. The maximum Gasteiger partial charge on any atom is 0.339 e. The molecule has 1 heterocycles. The highest BCUT2D eigenvalue weighted by atomic mass is 35.5. The van der Waals surface area contributed by atoms with E-state index < -0.39 is 5.97 Å². The average molecular weight is 202 g/mol. The Balaban J connectivity index is 3.31. The summed E-state index contributed by atoms with van der Waals surface area (Å²) in [5.41, 5.74) is 0.360. The van der Waals surface area contributed by atoms with E-state index in [9.17, 15) is 4.79 Å². The van der Waals surface area contributed by atoms with Gasteiger partial charge in [0, 0.05) is 6.07 Å². The second-order valence-corrected chi connectivity index (χ2v) is 2.82. The van der Waals surface area contributed by atoms with Crippen LogP contribution in [0.1, 0.15) is 16.1 Å². The van der Waals surface area contributed by atoms with Crippen LogP contribution < -0.4 is 4.74 Å². The summed E-state index contributed by atoms with van der Waals surface area (Å²) in [6.07, 6.45) is 0. The number of ether oxygens (including phenoxy) is 1. The van der Waals surface area contributed by atoms with Gasteiger partial charge in [0.2, 0.25) is 5.88 Å². The molecule has 4 nitrogen and oxygen atoms in total. The minimum Gasteiger partial charge on any atom is -0.481 e. The number of hydrogen-bond acceptors (Lipinski definition) is 3. The van der Waals surface area contributed by atoms with Crippen LogP contribution in [0.4, 0.5) is 0 Å². The van der Waals surface area contributed by atoms with Crippen molar-refractivity contribution < 1.29 is 14.6 Å². The number of halogens is 1. The number of methoxy groups -OCH3 is 1. The lowest BCUT2D eigenvalue weighted by atomic mass is 10.2. The number of nitrogens with zero attached hydrogens (tertiary/aromatic N) is 1. The molecule has 70 valence electrons. The van der Waals surface area contributed by atoms with Crippen LogP contribution in [0.15, 0.2) is 6.07 Å². The number of aromatic carboxylic acids is 1. The first-order chi connectivity index (χ1) is 6.06. The van der Waals surface area contributed by atoms with Gasteiger partial charge in [-0.25, -0.2) is 9.78 Å². The molecular formula is C8H8ClNO3. The van der Waals surface area contributed by atoms with Crippen molar-refractivity contribution in [2.24, 2.45) is 0 Å². The fraction of sp³-hybridized carbons (Fsp3) is 0.250. The largest absolute Gasteiger partial charge is 0.481 e. The molecule has 0 aliphatic heterocycles. The molecule has 1 aromatic rings. The zero-order valence-electron chi connectivity index (χ0n) is 7.17. The molecular weight excluding hydrogens is 194 g/mol. The van der Waals surface area contributed by atoms with Crippen LogP contribution in [0.2, 0.25) is 5.02 Å². The van der Waals surface area contributed by atoms with E-state index in [0.29, 0.717) is 11.6 Å². The molecule has 0 radical (unpaired) electrons. The van der Waals surface area contributed by atoms with Gasteiger partial charge < -0.3 is 9.84 Å². The van der Waals surface area contributed by atoms with Gasteiger partial charge in [-0.2, -0.15) is 0 Å². The van der Waals surface area contributed by atoms with Crippen LogP contribution in [0.5, 0.6) is 5.88 Å². The number of carbonyl (C=O) groups is 1. The molecule has 0 spiro atoms. The number of carboxylic acids is 1. The van der Waals surface area contributed by atoms with Crippen LogP contribution in [-0.2, 0) is 0 Å². The molecule has 0 aromatic carbocycles. The Bertz CT molecular complexity index is 328. The molecule has 1 aromatic heterocycles.